The molecule has 0 rings (SSSR count). The van der Waals surface area contributed by atoms with Gasteiger partial charge in [0.15, 0.2) is 0 Å². The lowest BCUT2D eigenvalue weighted by atomic mass is 10.2. The van der Waals surface area contributed by atoms with E-state index in [4.69, 9.17) is 0 Å². The summed E-state index contributed by atoms with van der Waals surface area (Å²) in [7, 11) is 3.54. The summed E-state index contributed by atoms with van der Waals surface area (Å²) in [4.78, 5) is 11.5. The second-order valence-electron chi connectivity index (χ2n) is 4.21. The minimum Gasteiger partial charge on any atom is -0.358 e. The Balaban J connectivity index is 4.07. The number of hydrogen-bond donors (Lipinski definition) is 7. The third-order valence-electron chi connectivity index (χ3n) is 2.86. The smallest absolute Gasteiger partial charge is 0.237 e. The van der Waals surface area contributed by atoms with Crippen molar-refractivity contribution in [1.82, 2.24) is 21.3 Å². The summed E-state index contributed by atoms with van der Waals surface area (Å²) in [5.74, 6) is 1.89. The van der Waals surface area contributed by atoms with Crippen molar-refractivity contribution in [2.45, 2.75) is 18.1 Å². The monoisotopic (exact) mass is 326 g/mol. The molecule has 0 saturated carbocycles. The number of likely N-dealkylation sites (N-methyl/N-ethyl adjacent to an activating group) is 2. The van der Waals surface area contributed by atoms with Crippen molar-refractivity contribution in [2.75, 3.05) is 44.4 Å². The second kappa shape index (κ2) is 12.2. The van der Waals surface area contributed by atoms with Crippen LogP contribution in [-0.2, 0) is 4.79 Å². The van der Waals surface area contributed by atoms with Crippen LogP contribution in [0, 0.1) is 0 Å². The number of nitrogens with one attached hydrogen (secondary N) is 4. The summed E-state index contributed by atoms with van der Waals surface area (Å²) in [6, 6.07) is 0.249. The summed E-state index contributed by atoms with van der Waals surface area (Å²) in [6.07, 6.45) is 0. The van der Waals surface area contributed by atoms with E-state index in [1.54, 1.807) is 7.05 Å². The van der Waals surface area contributed by atoms with Gasteiger partial charge in [-0.2, -0.15) is 37.9 Å². The Bertz CT molecular complexity index is 242. The third kappa shape index (κ3) is 8.31. The number of hydrogen-bond acceptors (Lipinski definition) is 7. The van der Waals surface area contributed by atoms with Gasteiger partial charge in [-0.25, -0.2) is 0 Å². The van der Waals surface area contributed by atoms with Crippen LogP contribution in [0.25, 0.3) is 0 Å². The Morgan fingerprint density at radius 2 is 1.53 bits per heavy atom. The fourth-order valence-electron chi connectivity index (χ4n) is 1.47. The molecule has 4 N–H and O–H groups in total. The van der Waals surface area contributed by atoms with Gasteiger partial charge in [0.25, 0.3) is 0 Å². The SMILES string of the molecule is CNC(=O)[C@H](CS)NC[C@H](CS)NC[C@H](CS)NC. The van der Waals surface area contributed by atoms with Gasteiger partial charge < -0.3 is 21.3 Å². The van der Waals surface area contributed by atoms with Gasteiger partial charge in [0.1, 0.15) is 0 Å². The highest BCUT2D eigenvalue weighted by molar-refractivity contribution is 7.80. The molecule has 3 atom stereocenters. The number of rotatable bonds is 11. The molecule has 0 unspecified atom stereocenters. The predicted octanol–water partition coefficient (Wildman–Crippen LogP) is -0.974. The van der Waals surface area contributed by atoms with Crippen LogP contribution in [0.1, 0.15) is 0 Å². The van der Waals surface area contributed by atoms with E-state index in [1.165, 1.54) is 0 Å². The van der Waals surface area contributed by atoms with E-state index in [9.17, 15) is 4.79 Å². The summed E-state index contributed by atoms with van der Waals surface area (Å²) < 4.78 is 0. The van der Waals surface area contributed by atoms with Crippen LogP contribution in [0.5, 0.6) is 0 Å². The van der Waals surface area contributed by atoms with E-state index in [2.05, 4.69) is 59.2 Å². The molecule has 0 heterocycles. The highest BCUT2D eigenvalue weighted by Crippen LogP contribution is 1.93. The molecule has 0 aliphatic rings. The molecule has 0 aromatic rings. The van der Waals surface area contributed by atoms with Gasteiger partial charge in [-0.15, -0.1) is 0 Å². The molecule has 8 heteroatoms. The van der Waals surface area contributed by atoms with Gasteiger partial charge in [-0.3, -0.25) is 4.79 Å². The fourth-order valence-corrected chi connectivity index (χ4v) is 2.33. The van der Waals surface area contributed by atoms with E-state index in [0.29, 0.717) is 24.1 Å². The van der Waals surface area contributed by atoms with Crippen LogP contribution < -0.4 is 21.3 Å². The van der Waals surface area contributed by atoms with E-state index < -0.39 is 0 Å². The topological polar surface area (TPSA) is 65.2 Å². The van der Waals surface area contributed by atoms with Crippen molar-refractivity contribution < 1.29 is 4.79 Å². The number of carbonyl (C=O) groups is 1. The summed E-state index contributed by atoms with van der Waals surface area (Å²) in [5, 5.41) is 12.4. The van der Waals surface area contributed by atoms with Crippen LogP contribution >= 0.6 is 37.9 Å². The zero-order valence-electron chi connectivity index (χ0n) is 11.5. The molecule has 0 aliphatic heterocycles. The average Bonchev–Trinajstić information content (AvgIpc) is 2.45. The van der Waals surface area contributed by atoms with Crippen molar-refractivity contribution in [3.63, 3.8) is 0 Å². The molecule has 0 aliphatic carbocycles. The number of carbonyl (C=O) groups excluding carboxylic acids is 1. The Kier molecular flexibility index (Phi) is 12.4. The standard InChI is InChI=1S/C11H26N4OS3/c1-12-8(5-17)3-14-9(6-18)4-15-10(7-19)11(16)13-2/h8-10,12,14-15,17-19H,3-7H2,1-2H3,(H,13,16)/t8-,9-,10+/m1/s1. The summed E-state index contributed by atoms with van der Waals surface area (Å²) in [5.41, 5.74) is 0. The van der Waals surface area contributed by atoms with Crippen LogP contribution in [-0.4, -0.2) is 68.5 Å². The summed E-state index contributed by atoms with van der Waals surface area (Å²) in [6.45, 7) is 1.49. The van der Waals surface area contributed by atoms with Crippen LogP contribution in [0.4, 0.5) is 0 Å². The lowest BCUT2D eigenvalue weighted by Crippen LogP contribution is -2.51. The molecule has 19 heavy (non-hydrogen) atoms. The van der Waals surface area contributed by atoms with Crippen molar-refractivity contribution in [1.29, 1.82) is 0 Å². The first-order valence-corrected chi connectivity index (χ1v) is 8.20. The van der Waals surface area contributed by atoms with E-state index >= 15 is 0 Å². The Morgan fingerprint density at radius 1 is 0.947 bits per heavy atom. The lowest BCUT2D eigenvalue weighted by molar-refractivity contribution is -0.122. The van der Waals surface area contributed by atoms with Gasteiger partial charge >= 0.3 is 0 Å². The molecule has 5 nitrogen and oxygen atoms in total. The molecular weight excluding hydrogens is 300 g/mol. The number of amides is 1. The van der Waals surface area contributed by atoms with Crippen molar-refractivity contribution in [2.24, 2.45) is 0 Å². The minimum absolute atomic E-state index is 0.0450. The molecule has 0 saturated heterocycles. The average molecular weight is 327 g/mol. The van der Waals surface area contributed by atoms with Crippen LogP contribution in [0.15, 0.2) is 0 Å². The first kappa shape index (κ1) is 19.4. The fraction of sp³-hybridized carbons (Fsp3) is 0.909. The zero-order valence-corrected chi connectivity index (χ0v) is 14.2. The Labute approximate surface area is 132 Å². The quantitative estimate of drug-likeness (QED) is 0.250. The van der Waals surface area contributed by atoms with Crippen molar-refractivity contribution in [3.8, 4) is 0 Å². The maximum Gasteiger partial charge on any atom is 0.237 e. The molecule has 1 amide bonds. The number of thiol groups is 3. The largest absolute Gasteiger partial charge is 0.358 e. The molecule has 0 radical (unpaired) electrons. The van der Waals surface area contributed by atoms with Gasteiger partial charge in [-0.05, 0) is 7.05 Å². The normalized spacial score (nSPS) is 15.8. The Morgan fingerprint density at radius 3 is 1.95 bits per heavy atom. The molecule has 0 fully saturated rings. The van der Waals surface area contributed by atoms with Crippen LogP contribution in [0.2, 0.25) is 0 Å². The Hall–Kier alpha value is 0.400. The van der Waals surface area contributed by atoms with Gasteiger partial charge in [-0.1, -0.05) is 0 Å². The van der Waals surface area contributed by atoms with E-state index in [0.717, 1.165) is 12.3 Å². The molecule has 0 bridgehead atoms. The minimum atomic E-state index is -0.275. The molecule has 0 aromatic heterocycles. The van der Waals surface area contributed by atoms with Crippen molar-refractivity contribution in [3.05, 3.63) is 0 Å². The van der Waals surface area contributed by atoms with Gasteiger partial charge in [0.05, 0.1) is 6.04 Å². The van der Waals surface area contributed by atoms with Gasteiger partial charge in [0.2, 0.25) is 5.91 Å². The maximum atomic E-state index is 11.5. The third-order valence-corrected chi connectivity index (χ3v) is 4.10. The highest BCUT2D eigenvalue weighted by atomic mass is 32.1. The predicted molar refractivity (Wildman–Crippen MR) is 92.1 cm³/mol. The summed E-state index contributed by atoms with van der Waals surface area (Å²) >= 11 is 12.8. The second-order valence-corrected chi connectivity index (χ2v) is 5.31. The van der Waals surface area contributed by atoms with E-state index in [1.807, 2.05) is 7.05 Å². The molecule has 0 aromatic carbocycles. The maximum absolute atomic E-state index is 11.5. The first-order chi connectivity index (χ1) is 9.12. The first-order valence-electron chi connectivity index (χ1n) is 6.31. The molecular formula is C11H26N4OS3. The van der Waals surface area contributed by atoms with Gasteiger partial charge in [0, 0.05) is 49.5 Å². The van der Waals surface area contributed by atoms with E-state index in [-0.39, 0.29) is 18.0 Å². The molecule has 114 valence electrons. The molecule has 0 spiro atoms. The highest BCUT2D eigenvalue weighted by Gasteiger charge is 2.17. The zero-order chi connectivity index (χ0) is 14.7. The van der Waals surface area contributed by atoms with Crippen LogP contribution in [0.3, 0.4) is 0 Å². The van der Waals surface area contributed by atoms with Crippen molar-refractivity contribution >= 4 is 43.8 Å². The lowest BCUT2D eigenvalue weighted by Gasteiger charge is -2.23.